The fourth-order valence-corrected chi connectivity index (χ4v) is 6.10. The molecule has 3 unspecified atom stereocenters. The van der Waals surface area contributed by atoms with E-state index in [1.807, 2.05) is 26.0 Å². The zero-order valence-electron chi connectivity index (χ0n) is 22.9. The standard InChI is InChI=1S/C29H42N4O4/c1-18(2)16-21(31-25(35)19-8-10-20(11-9-19)28(3,4)5)26(36)32-15-12-22-24(32)23(34)17-33(22)27(37)29(30)13-6-7-14-29/h8-11,18,21-22,24H,6-7,12-17,30H2,1-5H3,(H,31,35). The molecule has 0 spiro atoms. The number of carbonyl (C=O) groups is 4. The minimum absolute atomic E-state index is 0.00176. The highest BCUT2D eigenvalue weighted by Gasteiger charge is 2.55. The first-order valence-electron chi connectivity index (χ1n) is 13.7. The number of nitrogens with zero attached hydrogens (tertiary/aromatic N) is 2. The molecule has 8 nitrogen and oxygen atoms in total. The van der Waals surface area contributed by atoms with Crippen molar-refractivity contribution in [3.63, 3.8) is 0 Å². The lowest BCUT2D eigenvalue weighted by atomic mass is 9.86. The molecule has 37 heavy (non-hydrogen) atoms. The molecule has 1 aliphatic carbocycles. The number of benzene rings is 1. The molecule has 2 heterocycles. The van der Waals surface area contributed by atoms with Crippen LogP contribution in [0.3, 0.4) is 0 Å². The fourth-order valence-electron chi connectivity index (χ4n) is 6.10. The number of hydrogen-bond acceptors (Lipinski definition) is 5. The summed E-state index contributed by atoms with van der Waals surface area (Å²) in [6.45, 7) is 10.7. The number of hydrogen-bond donors (Lipinski definition) is 2. The summed E-state index contributed by atoms with van der Waals surface area (Å²) in [4.78, 5) is 56.5. The predicted molar refractivity (Wildman–Crippen MR) is 142 cm³/mol. The Morgan fingerprint density at radius 1 is 1.08 bits per heavy atom. The van der Waals surface area contributed by atoms with Gasteiger partial charge in [-0.25, -0.2) is 0 Å². The first kappa shape index (κ1) is 27.3. The van der Waals surface area contributed by atoms with Crippen molar-refractivity contribution >= 4 is 23.5 Å². The molecule has 2 aliphatic heterocycles. The quantitative estimate of drug-likeness (QED) is 0.611. The van der Waals surface area contributed by atoms with E-state index >= 15 is 0 Å². The highest BCUT2D eigenvalue weighted by molar-refractivity contribution is 6.01. The zero-order valence-corrected chi connectivity index (χ0v) is 22.9. The average Bonchev–Trinajstić information content (AvgIpc) is 3.54. The molecule has 0 bridgehead atoms. The first-order valence-corrected chi connectivity index (χ1v) is 13.7. The number of amides is 3. The Kier molecular flexibility index (Phi) is 7.52. The molecule has 2 saturated heterocycles. The van der Waals surface area contributed by atoms with Crippen molar-refractivity contribution in [3.8, 4) is 0 Å². The maximum atomic E-state index is 13.7. The molecule has 1 aromatic carbocycles. The van der Waals surface area contributed by atoms with Gasteiger partial charge in [-0.3, -0.25) is 19.2 Å². The van der Waals surface area contributed by atoms with Crippen molar-refractivity contribution in [3.05, 3.63) is 35.4 Å². The molecule has 3 fully saturated rings. The van der Waals surface area contributed by atoms with Gasteiger partial charge in [0.25, 0.3) is 5.91 Å². The minimum Gasteiger partial charge on any atom is -0.340 e. The van der Waals surface area contributed by atoms with Gasteiger partial charge >= 0.3 is 0 Å². The molecule has 3 aliphatic rings. The van der Waals surface area contributed by atoms with Crippen LogP contribution in [-0.2, 0) is 19.8 Å². The summed E-state index contributed by atoms with van der Waals surface area (Å²) >= 11 is 0. The number of rotatable bonds is 6. The lowest BCUT2D eigenvalue weighted by molar-refractivity contribution is -0.138. The largest absolute Gasteiger partial charge is 0.340 e. The van der Waals surface area contributed by atoms with Gasteiger partial charge in [-0.2, -0.15) is 0 Å². The summed E-state index contributed by atoms with van der Waals surface area (Å²) in [5.41, 5.74) is 7.11. The van der Waals surface area contributed by atoms with Gasteiger partial charge in [0.2, 0.25) is 11.8 Å². The molecule has 3 amide bonds. The van der Waals surface area contributed by atoms with Crippen LogP contribution in [0.1, 0.15) is 89.1 Å². The smallest absolute Gasteiger partial charge is 0.251 e. The van der Waals surface area contributed by atoms with Crippen LogP contribution < -0.4 is 11.1 Å². The Labute approximate surface area is 220 Å². The molecular weight excluding hydrogens is 468 g/mol. The van der Waals surface area contributed by atoms with E-state index in [0.29, 0.717) is 37.8 Å². The maximum Gasteiger partial charge on any atom is 0.251 e. The third kappa shape index (κ3) is 5.44. The second kappa shape index (κ2) is 10.2. The van der Waals surface area contributed by atoms with Crippen LogP contribution >= 0.6 is 0 Å². The van der Waals surface area contributed by atoms with Gasteiger partial charge in [-0.15, -0.1) is 0 Å². The Hall–Kier alpha value is -2.74. The normalized spacial score (nSPS) is 23.9. The van der Waals surface area contributed by atoms with E-state index in [1.54, 1.807) is 21.9 Å². The van der Waals surface area contributed by atoms with Crippen LogP contribution in [0.25, 0.3) is 0 Å². The zero-order chi connectivity index (χ0) is 27.1. The number of carbonyl (C=O) groups excluding carboxylic acids is 4. The second-order valence-corrected chi connectivity index (χ2v) is 12.6. The molecule has 4 rings (SSSR count). The van der Waals surface area contributed by atoms with Crippen molar-refractivity contribution < 1.29 is 19.2 Å². The minimum atomic E-state index is -0.900. The summed E-state index contributed by atoms with van der Waals surface area (Å²) in [5.74, 6) is -0.695. The summed E-state index contributed by atoms with van der Waals surface area (Å²) in [7, 11) is 0. The third-order valence-corrected chi connectivity index (χ3v) is 8.21. The van der Waals surface area contributed by atoms with Gasteiger partial charge in [0.15, 0.2) is 5.78 Å². The number of Topliss-reactive ketones (excluding diaryl/α,β-unsaturated/α-hetero) is 1. The van der Waals surface area contributed by atoms with E-state index in [1.165, 1.54) is 0 Å². The number of ketones is 1. The van der Waals surface area contributed by atoms with Crippen molar-refractivity contribution in [2.45, 2.75) is 102 Å². The SMILES string of the molecule is CC(C)CC(NC(=O)c1ccc(C(C)(C)C)cc1)C(=O)N1CCC2C1C(=O)CN2C(=O)C1(N)CCCC1. The van der Waals surface area contributed by atoms with Gasteiger partial charge in [0.05, 0.1) is 18.1 Å². The lowest BCUT2D eigenvalue weighted by Crippen LogP contribution is -2.56. The number of fused-ring (bicyclic) bond motifs is 1. The highest BCUT2D eigenvalue weighted by Crippen LogP contribution is 2.36. The predicted octanol–water partition coefficient (Wildman–Crippen LogP) is 2.78. The van der Waals surface area contributed by atoms with Crippen molar-refractivity contribution in [1.29, 1.82) is 0 Å². The van der Waals surface area contributed by atoms with Gasteiger partial charge in [-0.1, -0.05) is 59.6 Å². The molecule has 3 N–H and O–H groups in total. The van der Waals surface area contributed by atoms with Gasteiger partial charge in [0, 0.05) is 12.1 Å². The van der Waals surface area contributed by atoms with Gasteiger partial charge < -0.3 is 20.9 Å². The molecule has 1 saturated carbocycles. The van der Waals surface area contributed by atoms with Crippen molar-refractivity contribution in [2.75, 3.05) is 13.1 Å². The molecular formula is C29H42N4O4. The summed E-state index contributed by atoms with van der Waals surface area (Å²) in [6.07, 6.45) is 4.10. The van der Waals surface area contributed by atoms with Crippen LogP contribution in [0.2, 0.25) is 0 Å². The average molecular weight is 511 g/mol. The number of nitrogens with two attached hydrogens (primary N) is 1. The summed E-state index contributed by atoms with van der Waals surface area (Å²) in [6, 6.07) is 5.70. The van der Waals surface area contributed by atoms with Crippen LogP contribution in [0.15, 0.2) is 24.3 Å². The van der Waals surface area contributed by atoms with E-state index < -0.39 is 17.6 Å². The third-order valence-electron chi connectivity index (χ3n) is 8.21. The fraction of sp³-hybridized carbons (Fsp3) is 0.655. The Morgan fingerprint density at radius 2 is 1.70 bits per heavy atom. The molecule has 0 radical (unpaired) electrons. The van der Waals surface area contributed by atoms with E-state index in [-0.39, 0.29) is 47.4 Å². The van der Waals surface area contributed by atoms with Crippen LogP contribution in [0.5, 0.6) is 0 Å². The Balaban J connectivity index is 1.49. The maximum absolute atomic E-state index is 13.7. The second-order valence-electron chi connectivity index (χ2n) is 12.6. The van der Waals surface area contributed by atoms with E-state index in [2.05, 4.69) is 26.1 Å². The Morgan fingerprint density at radius 3 is 2.27 bits per heavy atom. The number of nitrogens with one attached hydrogen (secondary N) is 1. The lowest BCUT2D eigenvalue weighted by Gasteiger charge is -2.32. The van der Waals surface area contributed by atoms with Crippen LogP contribution in [0.4, 0.5) is 0 Å². The van der Waals surface area contributed by atoms with Crippen molar-refractivity contribution in [1.82, 2.24) is 15.1 Å². The van der Waals surface area contributed by atoms with Crippen LogP contribution in [0, 0.1) is 5.92 Å². The molecule has 1 aromatic rings. The molecule has 0 aromatic heterocycles. The topological polar surface area (TPSA) is 113 Å². The Bertz CT molecular complexity index is 1050. The van der Waals surface area contributed by atoms with Crippen molar-refractivity contribution in [2.24, 2.45) is 11.7 Å². The molecule has 3 atom stereocenters. The highest BCUT2D eigenvalue weighted by atomic mass is 16.2. The first-order chi connectivity index (χ1) is 17.3. The van der Waals surface area contributed by atoms with E-state index in [4.69, 9.17) is 5.73 Å². The monoisotopic (exact) mass is 510 g/mol. The van der Waals surface area contributed by atoms with E-state index in [0.717, 1.165) is 18.4 Å². The molecule has 202 valence electrons. The van der Waals surface area contributed by atoms with Gasteiger partial charge in [-0.05, 0) is 54.7 Å². The van der Waals surface area contributed by atoms with Gasteiger partial charge in [0.1, 0.15) is 12.1 Å². The summed E-state index contributed by atoms with van der Waals surface area (Å²) in [5, 5.41) is 2.94. The number of likely N-dealkylation sites (tertiary alicyclic amines) is 2. The van der Waals surface area contributed by atoms with Crippen LogP contribution in [-0.4, -0.2) is 70.1 Å². The molecule has 8 heteroatoms. The summed E-state index contributed by atoms with van der Waals surface area (Å²) < 4.78 is 0. The van der Waals surface area contributed by atoms with E-state index in [9.17, 15) is 19.2 Å².